The van der Waals surface area contributed by atoms with Crippen LogP contribution in [0.1, 0.15) is 25.7 Å². The molecule has 1 spiro atoms. The molecule has 4 aliphatic rings. The number of aromatic nitrogens is 1. The van der Waals surface area contributed by atoms with E-state index in [-0.39, 0.29) is 0 Å². The van der Waals surface area contributed by atoms with E-state index in [0.29, 0.717) is 5.54 Å². The van der Waals surface area contributed by atoms with Crippen LogP contribution in [0.2, 0.25) is 0 Å². The van der Waals surface area contributed by atoms with Gasteiger partial charge in [-0.15, -0.1) is 0 Å². The lowest BCUT2D eigenvalue weighted by atomic mass is 9.74. The average molecular weight is 243 g/mol. The molecule has 0 amide bonds. The fourth-order valence-electron chi connectivity index (χ4n) is 4.32. The number of anilines is 1. The molecule has 4 aliphatic heterocycles. The van der Waals surface area contributed by atoms with E-state index in [9.17, 15) is 0 Å². The number of pyridine rings is 1. The van der Waals surface area contributed by atoms with Gasteiger partial charge in [0.25, 0.3) is 0 Å². The highest BCUT2D eigenvalue weighted by molar-refractivity contribution is 5.46. The topological polar surface area (TPSA) is 19.4 Å². The van der Waals surface area contributed by atoms with Crippen LogP contribution in [0.5, 0.6) is 0 Å². The van der Waals surface area contributed by atoms with Crippen LogP contribution in [0.4, 0.5) is 5.69 Å². The molecule has 1 aromatic rings. The summed E-state index contributed by atoms with van der Waals surface area (Å²) in [5.41, 5.74) is 1.80. The van der Waals surface area contributed by atoms with Crippen molar-refractivity contribution in [3.8, 4) is 0 Å². The number of hydrogen-bond donors (Lipinski definition) is 0. The van der Waals surface area contributed by atoms with Gasteiger partial charge in [-0.2, -0.15) is 0 Å². The van der Waals surface area contributed by atoms with Gasteiger partial charge in [0.2, 0.25) is 0 Å². The van der Waals surface area contributed by atoms with E-state index in [1.54, 1.807) is 0 Å². The Morgan fingerprint density at radius 1 is 1.22 bits per heavy atom. The Morgan fingerprint density at radius 3 is 2.78 bits per heavy atom. The SMILES string of the molecule is c1cncc(N2CCC3(CC4CCN3CC4)C2)c1. The van der Waals surface area contributed by atoms with Crippen molar-refractivity contribution < 1.29 is 0 Å². The van der Waals surface area contributed by atoms with Gasteiger partial charge in [0.15, 0.2) is 0 Å². The third-order valence-electron chi connectivity index (χ3n) is 5.30. The standard InChI is InChI=1S/C15H21N3/c1-2-14(11-16-6-1)17-9-5-15(12-17)10-13-3-7-18(15)8-4-13/h1-2,6,11,13H,3-5,7-10,12H2. The van der Waals surface area contributed by atoms with Crippen LogP contribution in [-0.2, 0) is 0 Å². The lowest BCUT2D eigenvalue weighted by Crippen LogP contribution is -2.59. The second-order valence-electron chi connectivity index (χ2n) is 6.24. The monoisotopic (exact) mass is 243 g/mol. The maximum Gasteiger partial charge on any atom is 0.0553 e. The summed E-state index contributed by atoms with van der Waals surface area (Å²) in [6.45, 7) is 5.10. The van der Waals surface area contributed by atoms with Gasteiger partial charge in [-0.3, -0.25) is 9.88 Å². The van der Waals surface area contributed by atoms with Gasteiger partial charge in [0, 0.05) is 24.8 Å². The zero-order valence-corrected chi connectivity index (χ0v) is 10.9. The van der Waals surface area contributed by atoms with Crippen LogP contribution in [0, 0.1) is 5.92 Å². The summed E-state index contributed by atoms with van der Waals surface area (Å²) < 4.78 is 0. The van der Waals surface area contributed by atoms with Gasteiger partial charge in [-0.05, 0) is 56.8 Å². The molecule has 3 heteroatoms. The normalized spacial score (nSPS) is 38.6. The Balaban J connectivity index is 1.57. The van der Waals surface area contributed by atoms with Gasteiger partial charge in [0.05, 0.1) is 11.9 Å². The van der Waals surface area contributed by atoms with Crippen LogP contribution < -0.4 is 4.90 Å². The molecule has 96 valence electrons. The summed E-state index contributed by atoms with van der Waals surface area (Å²) in [6, 6.07) is 4.25. The first kappa shape index (κ1) is 10.8. The lowest BCUT2D eigenvalue weighted by Gasteiger charge is -2.52. The molecule has 1 unspecified atom stereocenters. The number of fused-ring (bicyclic) bond motifs is 2. The summed E-state index contributed by atoms with van der Waals surface area (Å²) in [5.74, 6) is 1.00. The van der Waals surface area contributed by atoms with Crippen LogP contribution in [0.25, 0.3) is 0 Å². The molecule has 0 aliphatic carbocycles. The Labute approximate surface area is 109 Å². The minimum Gasteiger partial charge on any atom is -0.368 e. The molecule has 0 saturated carbocycles. The molecule has 5 rings (SSSR count). The highest BCUT2D eigenvalue weighted by Gasteiger charge is 2.49. The fourth-order valence-corrected chi connectivity index (χ4v) is 4.32. The van der Waals surface area contributed by atoms with Crippen molar-refractivity contribution in [1.82, 2.24) is 9.88 Å². The minimum absolute atomic E-state index is 0.497. The highest BCUT2D eigenvalue weighted by Crippen LogP contribution is 2.44. The largest absolute Gasteiger partial charge is 0.368 e. The van der Waals surface area contributed by atoms with Crippen molar-refractivity contribution in [3.63, 3.8) is 0 Å². The molecule has 1 atom stereocenters. The number of piperidine rings is 3. The first-order valence-electron chi connectivity index (χ1n) is 7.26. The lowest BCUT2D eigenvalue weighted by molar-refractivity contribution is -0.0157. The molecule has 1 aromatic heterocycles. The quantitative estimate of drug-likeness (QED) is 0.753. The molecule has 5 heterocycles. The Kier molecular flexibility index (Phi) is 2.37. The minimum atomic E-state index is 0.497. The van der Waals surface area contributed by atoms with Crippen molar-refractivity contribution in [3.05, 3.63) is 24.5 Å². The predicted molar refractivity (Wildman–Crippen MR) is 72.7 cm³/mol. The van der Waals surface area contributed by atoms with E-state index in [4.69, 9.17) is 0 Å². The first-order valence-corrected chi connectivity index (χ1v) is 7.26. The second-order valence-corrected chi connectivity index (χ2v) is 6.24. The molecule has 4 saturated heterocycles. The van der Waals surface area contributed by atoms with Gasteiger partial charge in [0.1, 0.15) is 0 Å². The third-order valence-corrected chi connectivity index (χ3v) is 5.30. The van der Waals surface area contributed by atoms with Crippen molar-refractivity contribution in [1.29, 1.82) is 0 Å². The van der Waals surface area contributed by atoms with Gasteiger partial charge in [-0.1, -0.05) is 0 Å². The van der Waals surface area contributed by atoms with E-state index < -0.39 is 0 Å². The summed E-state index contributed by atoms with van der Waals surface area (Å²) in [6.07, 6.45) is 9.53. The van der Waals surface area contributed by atoms with Crippen LogP contribution >= 0.6 is 0 Å². The second kappa shape index (κ2) is 3.95. The third kappa shape index (κ3) is 1.57. The molecule has 18 heavy (non-hydrogen) atoms. The van der Waals surface area contributed by atoms with E-state index in [2.05, 4.69) is 20.9 Å². The van der Waals surface area contributed by atoms with Gasteiger partial charge in [-0.25, -0.2) is 0 Å². The zero-order chi connectivity index (χ0) is 12.0. The summed E-state index contributed by atoms with van der Waals surface area (Å²) in [4.78, 5) is 9.57. The summed E-state index contributed by atoms with van der Waals surface area (Å²) in [5, 5.41) is 0. The number of nitrogens with zero attached hydrogens (tertiary/aromatic N) is 3. The predicted octanol–water partition coefficient (Wildman–Crippen LogP) is 2.15. The first-order chi connectivity index (χ1) is 8.86. The Morgan fingerprint density at radius 2 is 2.11 bits per heavy atom. The number of rotatable bonds is 1. The number of hydrogen-bond acceptors (Lipinski definition) is 3. The zero-order valence-electron chi connectivity index (χ0n) is 10.9. The van der Waals surface area contributed by atoms with Crippen molar-refractivity contribution in [2.75, 3.05) is 31.1 Å². The highest BCUT2D eigenvalue weighted by atomic mass is 15.3. The maximum atomic E-state index is 4.26. The molecule has 0 N–H and O–H groups in total. The molecule has 2 bridgehead atoms. The van der Waals surface area contributed by atoms with E-state index in [1.165, 1.54) is 57.5 Å². The van der Waals surface area contributed by atoms with Crippen LogP contribution in [-0.4, -0.2) is 41.6 Å². The van der Waals surface area contributed by atoms with E-state index in [0.717, 1.165) is 5.92 Å². The van der Waals surface area contributed by atoms with Crippen LogP contribution in [0.3, 0.4) is 0 Å². The van der Waals surface area contributed by atoms with Crippen molar-refractivity contribution >= 4 is 5.69 Å². The molecular formula is C15H21N3. The van der Waals surface area contributed by atoms with Gasteiger partial charge >= 0.3 is 0 Å². The average Bonchev–Trinajstić information content (AvgIpc) is 2.85. The molecule has 0 aromatic carbocycles. The van der Waals surface area contributed by atoms with Crippen LogP contribution in [0.15, 0.2) is 24.5 Å². The van der Waals surface area contributed by atoms with Gasteiger partial charge < -0.3 is 4.90 Å². The Bertz CT molecular complexity index is 425. The van der Waals surface area contributed by atoms with Crippen molar-refractivity contribution in [2.45, 2.75) is 31.2 Å². The van der Waals surface area contributed by atoms with E-state index >= 15 is 0 Å². The van der Waals surface area contributed by atoms with Crippen molar-refractivity contribution in [2.24, 2.45) is 5.92 Å². The van der Waals surface area contributed by atoms with E-state index in [1.807, 2.05) is 18.5 Å². The fraction of sp³-hybridized carbons (Fsp3) is 0.667. The molecule has 0 radical (unpaired) electrons. The molecular weight excluding hydrogens is 222 g/mol. The summed E-state index contributed by atoms with van der Waals surface area (Å²) >= 11 is 0. The Hall–Kier alpha value is -1.09. The molecule has 4 fully saturated rings. The smallest absolute Gasteiger partial charge is 0.0553 e. The maximum absolute atomic E-state index is 4.26. The summed E-state index contributed by atoms with van der Waals surface area (Å²) in [7, 11) is 0. The molecule has 3 nitrogen and oxygen atoms in total.